The molecule has 0 fully saturated rings. The summed E-state index contributed by atoms with van der Waals surface area (Å²) in [6.45, 7) is 4.28. The fraction of sp³-hybridized carbons (Fsp3) is 0.880. The molecular formula is C25H47N. The molecule has 152 valence electrons. The van der Waals surface area contributed by atoms with E-state index < -0.39 is 0 Å². The molecule has 0 radical (unpaired) electrons. The molecule has 26 heavy (non-hydrogen) atoms. The molecule has 0 rings (SSSR count). The van der Waals surface area contributed by atoms with E-state index in [4.69, 9.17) is 5.26 Å². The van der Waals surface area contributed by atoms with Crippen LogP contribution in [0.4, 0.5) is 0 Å². The monoisotopic (exact) mass is 361 g/mol. The van der Waals surface area contributed by atoms with E-state index >= 15 is 0 Å². The van der Waals surface area contributed by atoms with Crippen LogP contribution in [-0.2, 0) is 0 Å². The van der Waals surface area contributed by atoms with Crippen molar-refractivity contribution in [1.82, 2.24) is 0 Å². The highest BCUT2D eigenvalue weighted by Gasteiger charge is 1.98. The average Bonchev–Trinajstić information content (AvgIpc) is 2.66. The Kier molecular flexibility index (Phi) is 21.6. The van der Waals surface area contributed by atoms with Crippen LogP contribution in [0.5, 0.6) is 0 Å². The maximum absolute atomic E-state index is 8.74. The van der Waals surface area contributed by atoms with Crippen molar-refractivity contribution >= 4 is 0 Å². The molecule has 1 atom stereocenters. The summed E-state index contributed by atoms with van der Waals surface area (Å²) in [5.74, 6) is 0.253. The van der Waals surface area contributed by atoms with Crippen molar-refractivity contribution in [2.75, 3.05) is 0 Å². The van der Waals surface area contributed by atoms with Crippen molar-refractivity contribution in [2.45, 2.75) is 136 Å². The molecule has 0 N–H and O–H groups in total. The SMILES string of the molecule is CCCC=CCCCCCCCCCCCCCCCCCC(C)C#N. The summed E-state index contributed by atoms with van der Waals surface area (Å²) in [6.07, 6.45) is 30.7. The Morgan fingerprint density at radius 3 is 1.42 bits per heavy atom. The highest BCUT2D eigenvalue weighted by Crippen LogP contribution is 2.15. The lowest BCUT2D eigenvalue weighted by atomic mass is 10.0. The van der Waals surface area contributed by atoms with Gasteiger partial charge in [-0.1, -0.05) is 115 Å². The number of unbranched alkanes of at least 4 members (excludes halogenated alkanes) is 16. The smallest absolute Gasteiger partial charge is 0.0652 e. The van der Waals surface area contributed by atoms with Crippen molar-refractivity contribution in [2.24, 2.45) is 5.92 Å². The lowest BCUT2D eigenvalue weighted by Crippen LogP contribution is -1.89. The van der Waals surface area contributed by atoms with Crippen LogP contribution in [0.2, 0.25) is 0 Å². The third-order valence-corrected chi connectivity index (χ3v) is 5.35. The van der Waals surface area contributed by atoms with E-state index in [0.717, 1.165) is 6.42 Å². The fourth-order valence-corrected chi connectivity index (χ4v) is 3.48. The first kappa shape index (κ1) is 25.2. The van der Waals surface area contributed by atoms with Gasteiger partial charge in [0.1, 0.15) is 0 Å². The highest BCUT2D eigenvalue weighted by molar-refractivity contribution is 4.80. The van der Waals surface area contributed by atoms with Gasteiger partial charge in [-0.25, -0.2) is 0 Å². The minimum Gasteiger partial charge on any atom is -0.198 e. The van der Waals surface area contributed by atoms with E-state index in [1.165, 1.54) is 116 Å². The first-order valence-electron chi connectivity index (χ1n) is 11.9. The Morgan fingerprint density at radius 1 is 0.615 bits per heavy atom. The Bertz CT molecular complexity index is 326. The fourth-order valence-electron chi connectivity index (χ4n) is 3.48. The van der Waals surface area contributed by atoms with Crippen molar-refractivity contribution in [1.29, 1.82) is 5.26 Å². The summed E-state index contributed by atoms with van der Waals surface area (Å²) >= 11 is 0. The molecule has 1 unspecified atom stereocenters. The van der Waals surface area contributed by atoms with Crippen LogP contribution in [0, 0.1) is 17.2 Å². The summed E-state index contributed by atoms with van der Waals surface area (Å²) in [4.78, 5) is 0. The van der Waals surface area contributed by atoms with E-state index in [2.05, 4.69) is 25.1 Å². The molecule has 1 nitrogen and oxygen atoms in total. The van der Waals surface area contributed by atoms with Crippen LogP contribution < -0.4 is 0 Å². The Morgan fingerprint density at radius 2 is 1.00 bits per heavy atom. The van der Waals surface area contributed by atoms with Crippen LogP contribution in [0.25, 0.3) is 0 Å². The highest BCUT2D eigenvalue weighted by atomic mass is 14.3. The molecule has 0 saturated heterocycles. The normalized spacial score (nSPS) is 12.5. The maximum Gasteiger partial charge on any atom is 0.0652 e. The van der Waals surface area contributed by atoms with E-state index in [-0.39, 0.29) is 5.92 Å². The predicted octanol–water partition coefficient (Wildman–Crippen LogP) is 9.13. The molecule has 0 spiro atoms. The van der Waals surface area contributed by atoms with Gasteiger partial charge in [0.05, 0.1) is 6.07 Å². The third kappa shape index (κ3) is 21.3. The van der Waals surface area contributed by atoms with Gasteiger partial charge in [0.25, 0.3) is 0 Å². The zero-order valence-corrected chi connectivity index (χ0v) is 18.1. The molecule has 0 heterocycles. The molecule has 0 saturated carbocycles. The molecule has 0 aliphatic heterocycles. The molecule has 1 heteroatoms. The van der Waals surface area contributed by atoms with Gasteiger partial charge < -0.3 is 0 Å². The Labute approximate surface area is 165 Å². The maximum atomic E-state index is 8.74. The van der Waals surface area contributed by atoms with E-state index in [1.54, 1.807) is 0 Å². The first-order chi connectivity index (χ1) is 12.8. The molecule has 0 amide bonds. The molecule has 0 aromatic rings. The van der Waals surface area contributed by atoms with E-state index in [0.29, 0.717) is 0 Å². The quantitative estimate of drug-likeness (QED) is 0.157. The van der Waals surface area contributed by atoms with E-state index in [1.807, 2.05) is 6.92 Å². The molecule has 0 aliphatic rings. The molecule has 0 aromatic carbocycles. The summed E-state index contributed by atoms with van der Waals surface area (Å²) in [7, 11) is 0. The number of nitrogens with zero attached hydrogens (tertiary/aromatic N) is 1. The van der Waals surface area contributed by atoms with Gasteiger partial charge in [0.15, 0.2) is 0 Å². The van der Waals surface area contributed by atoms with Gasteiger partial charge >= 0.3 is 0 Å². The van der Waals surface area contributed by atoms with Crippen molar-refractivity contribution < 1.29 is 0 Å². The van der Waals surface area contributed by atoms with Gasteiger partial charge in [-0.3, -0.25) is 0 Å². The largest absolute Gasteiger partial charge is 0.198 e. The van der Waals surface area contributed by atoms with Crippen molar-refractivity contribution in [3.05, 3.63) is 12.2 Å². The molecule has 0 bridgehead atoms. The summed E-state index contributed by atoms with van der Waals surface area (Å²) in [6, 6.07) is 2.32. The second kappa shape index (κ2) is 22.3. The van der Waals surface area contributed by atoms with Gasteiger partial charge in [-0.05, 0) is 32.6 Å². The number of rotatable bonds is 20. The third-order valence-electron chi connectivity index (χ3n) is 5.35. The minimum atomic E-state index is 0.253. The summed E-state index contributed by atoms with van der Waals surface area (Å²) in [5, 5.41) is 8.74. The summed E-state index contributed by atoms with van der Waals surface area (Å²) < 4.78 is 0. The number of hydrogen-bond donors (Lipinski definition) is 0. The zero-order valence-electron chi connectivity index (χ0n) is 18.1. The van der Waals surface area contributed by atoms with Gasteiger partial charge in [0, 0.05) is 5.92 Å². The lowest BCUT2D eigenvalue weighted by molar-refractivity contribution is 0.519. The van der Waals surface area contributed by atoms with Crippen LogP contribution in [0.1, 0.15) is 136 Å². The van der Waals surface area contributed by atoms with Gasteiger partial charge in [-0.2, -0.15) is 5.26 Å². The number of hydrogen-bond acceptors (Lipinski definition) is 1. The van der Waals surface area contributed by atoms with Gasteiger partial charge in [-0.15, -0.1) is 0 Å². The van der Waals surface area contributed by atoms with Crippen LogP contribution in [0.3, 0.4) is 0 Å². The molecule has 0 aliphatic carbocycles. The number of nitriles is 1. The average molecular weight is 362 g/mol. The minimum absolute atomic E-state index is 0.253. The van der Waals surface area contributed by atoms with Crippen molar-refractivity contribution in [3.8, 4) is 6.07 Å². The second-order valence-corrected chi connectivity index (χ2v) is 8.17. The predicted molar refractivity (Wildman–Crippen MR) is 117 cm³/mol. The van der Waals surface area contributed by atoms with Gasteiger partial charge in [0.2, 0.25) is 0 Å². The van der Waals surface area contributed by atoms with Crippen molar-refractivity contribution in [3.63, 3.8) is 0 Å². The zero-order chi connectivity index (χ0) is 19.1. The summed E-state index contributed by atoms with van der Waals surface area (Å²) in [5.41, 5.74) is 0. The lowest BCUT2D eigenvalue weighted by Gasteiger charge is -2.04. The standard InChI is InChI=1S/C25H47N/c1-3-4-5-6-7-8-9-10-11-12-13-14-15-16-17-18-19-20-21-22-23-25(2)24-26/h5-6,25H,3-4,7-23H2,1-2H3. The Balaban J connectivity index is 3.04. The Hall–Kier alpha value is -0.770. The first-order valence-corrected chi connectivity index (χ1v) is 11.9. The number of allylic oxidation sites excluding steroid dienone is 2. The van der Waals surface area contributed by atoms with E-state index in [9.17, 15) is 0 Å². The topological polar surface area (TPSA) is 23.8 Å². The molecular weight excluding hydrogens is 314 g/mol. The second-order valence-electron chi connectivity index (χ2n) is 8.17. The van der Waals surface area contributed by atoms with Crippen LogP contribution in [-0.4, -0.2) is 0 Å². The van der Waals surface area contributed by atoms with Crippen LogP contribution >= 0.6 is 0 Å². The molecule has 0 aromatic heterocycles. The van der Waals surface area contributed by atoms with Crippen LogP contribution in [0.15, 0.2) is 12.2 Å².